The molecule has 0 fully saturated rings. The van der Waals surface area contributed by atoms with E-state index in [0.717, 1.165) is 31.6 Å². The molecule has 1 aromatic heterocycles. The van der Waals surface area contributed by atoms with Crippen LogP contribution in [0.4, 0.5) is 0 Å². The van der Waals surface area contributed by atoms with Crippen LogP contribution in [0.25, 0.3) is 32.6 Å². The first kappa shape index (κ1) is 19.1. The van der Waals surface area contributed by atoms with Gasteiger partial charge in [0, 0.05) is 17.4 Å². The minimum Gasteiger partial charge on any atom is -0.507 e. The van der Waals surface area contributed by atoms with Crippen molar-refractivity contribution < 1.29 is 10.2 Å². The number of H-pyrrole nitrogens is 1. The zero-order valence-corrected chi connectivity index (χ0v) is 16.6. The van der Waals surface area contributed by atoms with E-state index in [2.05, 4.69) is 28.7 Å². The van der Waals surface area contributed by atoms with Gasteiger partial charge in [-0.3, -0.25) is 9.79 Å². The first-order chi connectivity index (χ1) is 14.1. The van der Waals surface area contributed by atoms with Crippen LogP contribution in [0.5, 0.6) is 11.5 Å². The molecule has 0 aliphatic heterocycles. The van der Waals surface area contributed by atoms with E-state index in [4.69, 9.17) is 4.99 Å². The van der Waals surface area contributed by atoms with Crippen molar-refractivity contribution in [3.8, 4) is 11.5 Å². The number of aromatic hydroxyl groups is 2. The summed E-state index contributed by atoms with van der Waals surface area (Å²) >= 11 is 0. The monoisotopic (exact) mass is 392 g/mol. The highest BCUT2D eigenvalue weighted by molar-refractivity contribution is 6.23. The largest absolute Gasteiger partial charge is 0.507 e. The van der Waals surface area contributed by atoms with Gasteiger partial charge in [-0.05, 0) is 50.3 Å². The number of nitrogens with one attached hydrogen (secondary N) is 1. The minimum absolute atomic E-state index is 0.121. The second kappa shape index (κ2) is 7.67. The van der Waals surface area contributed by atoms with Crippen molar-refractivity contribution in [1.82, 2.24) is 14.9 Å². The number of aromatic nitrogens is 2. The third kappa shape index (κ3) is 3.17. The smallest absolute Gasteiger partial charge is 0.189 e. The molecule has 4 rings (SSSR count). The topological polar surface area (TPSA) is 102 Å². The van der Waals surface area contributed by atoms with Crippen molar-refractivity contribution in [2.24, 2.45) is 4.99 Å². The summed E-state index contributed by atoms with van der Waals surface area (Å²) in [6.07, 6.45) is 2.41. The molecule has 0 bridgehead atoms. The van der Waals surface area contributed by atoms with Gasteiger partial charge in [0.25, 0.3) is 0 Å². The van der Waals surface area contributed by atoms with Crippen molar-refractivity contribution in [1.29, 1.82) is 0 Å². The van der Waals surface area contributed by atoms with Crippen LogP contribution in [-0.4, -0.2) is 51.3 Å². The summed E-state index contributed by atoms with van der Waals surface area (Å²) in [6.45, 7) is 7.86. The van der Waals surface area contributed by atoms with E-state index in [1.54, 1.807) is 0 Å². The van der Waals surface area contributed by atoms with Crippen molar-refractivity contribution in [2.45, 2.75) is 20.3 Å². The Labute approximate surface area is 167 Å². The van der Waals surface area contributed by atoms with Crippen LogP contribution >= 0.6 is 0 Å². The fourth-order valence-corrected chi connectivity index (χ4v) is 3.96. The number of fused-ring (bicyclic) bond motifs is 2. The van der Waals surface area contributed by atoms with E-state index in [0.29, 0.717) is 28.2 Å². The Morgan fingerprint density at radius 1 is 1.03 bits per heavy atom. The summed E-state index contributed by atoms with van der Waals surface area (Å²) < 4.78 is 0. The molecule has 0 aliphatic rings. The molecular weight excluding hydrogens is 368 g/mol. The summed E-state index contributed by atoms with van der Waals surface area (Å²) in [5.41, 5.74) is 0.895. The first-order valence-corrected chi connectivity index (χ1v) is 9.90. The molecular formula is C22H24N4O3. The highest BCUT2D eigenvalue weighted by atomic mass is 16.3. The van der Waals surface area contributed by atoms with Gasteiger partial charge in [0.1, 0.15) is 11.5 Å². The van der Waals surface area contributed by atoms with Gasteiger partial charge in [0.15, 0.2) is 5.43 Å². The predicted molar refractivity (Wildman–Crippen MR) is 115 cm³/mol. The average Bonchev–Trinajstić information content (AvgIpc) is 2.74. The van der Waals surface area contributed by atoms with Crippen LogP contribution < -0.4 is 10.8 Å². The number of phenolic OH excluding ortho intramolecular Hbond substituents is 2. The SMILES string of the molecule is CCN(CC)CCCN=c1ccc2[nH]cnc3c4c(=O)ccc(O)c4c(O)c1c23. The molecule has 0 radical (unpaired) electrons. The standard InChI is InChI=1S/C22H24N4O3/c1-3-26(4-2)11-5-10-23-14-7-6-13-17-18(14)22(29)20-16(28)9-8-15(27)19(20)21(17)25-12-24-13/h6-9,12,28-29H,3-5,10-11H2,1-2H3,(H,24,25). The summed E-state index contributed by atoms with van der Waals surface area (Å²) in [5.74, 6) is -0.293. The average molecular weight is 392 g/mol. The van der Waals surface area contributed by atoms with Gasteiger partial charge >= 0.3 is 0 Å². The third-order valence-corrected chi connectivity index (χ3v) is 5.50. The molecule has 0 saturated heterocycles. The molecule has 7 heteroatoms. The Bertz CT molecular complexity index is 1310. The van der Waals surface area contributed by atoms with Gasteiger partial charge in [-0.15, -0.1) is 0 Å². The van der Waals surface area contributed by atoms with Gasteiger partial charge in [-0.2, -0.15) is 0 Å². The van der Waals surface area contributed by atoms with Crippen LogP contribution in [0.2, 0.25) is 0 Å². The van der Waals surface area contributed by atoms with E-state index in [9.17, 15) is 15.0 Å². The number of aromatic amines is 1. The van der Waals surface area contributed by atoms with Crippen LogP contribution in [0.1, 0.15) is 20.3 Å². The molecule has 1 heterocycles. The number of rotatable bonds is 6. The zero-order chi connectivity index (χ0) is 20.5. The lowest BCUT2D eigenvalue weighted by molar-refractivity contribution is 0.301. The van der Waals surface area contributed by atoms with Crippen LogP contribution in [-0.2, 0) is 0 Å². The summed E-state index contributed by atoms with van der Waals surface area (Å²) in [6, 6.07) is 6.31. The number of hydrogen-bond donors (Lipinski definition) is 3. The summed E-state index contributed by atoms with van der Waals surface area (Å²) in [7, 11) is 0. The molecule has 3 N–H and O–H groups in total. The highest BCUT2D eigenvalue weighted by Crippen LogP contribution is 2.39. The van der Waals surface area contributed by atoms with Crippen molar-refractivity contribution >= 4 is 32.6 Å². The Balaban J connectivity index is 1.96. The Kier molecular flexibility index (Phi) is 5.07. The van der Waals surface area contributed by atoms with Gasteiger partial charge in [0.2, 0.25) is 0 Å². The molecule has 29 heavy (non-hydrogen) atoms. The number of nitrogens with zero attached hydrogens (tertiary/aromatic N) is 3. The second-order valence-corrected chi connectivity index (χ2v) is 7.08. The number of benzene rings is 3. The van der Waals surface area contributed by atoms with Crippen LogP contribution in [0.3, 0.4) is 0 Å². The maximum absolute atomic E-state index is 12.5. The van der Waals surface area contributed by atoms with E-state index in [1.165, 1.54) is 18.5 Å². The lowest BCUT2D eigenvalue weighted by atomic mass is 9.98. The highest BCUT2D eigenvalue weighted by Gasteiger charge is 2.19. The molecule has 4 aromatic rings. The molecule has 0 aliphatic carbocycles. The van der Waals surface area contributed by atoms with E-state index < -0.39 is 0 Å². The van der Waals surface area contributed by atoms with Crippen molar-refractivity contribution in [2.75, 3.05) is 26.2 Å². The van der Waals surface area contributed by atoms with Gasteiger partial charge in [-0.25, -0.2) is 4.98 Å². The molecule has 0 amide bonds. The lowest BCUT2D eigenvalue weighted by Crippen LogP contribution is -2.24. The van der Waals surface area contributed by atoms with Crippen LogP contribution in [0.15, 0.2) is 40.4 Å². The Morgan fingerprint density at radius 3 is 2.59 bits per heavy atom. The van der Waals surface area contributed by atoms with Crippen molar-refractivity contribution in [3.05, 3.63) is 46.2 Å². The fraction of sp³-hybridized carbons (Fsp3) is 0.318. The van der Waals surface area contributed by atoms with Crippen molar-refractivity contribution in [3.63, 3.8) is 0 Å². The van der Waals surface area contributed by atoms with Gasteiger partial charge in [0.05, 0.1) is 33.4 Å². The normalized spacial score (nSPS) is 12.7. The van der Waals surface area contributed by atoms with E-state index >= 15 is 0 Å². The van der Waals surface area contributed by atoms with E-state index in [-0.39, 0.29) is 27.7 Å². The quantitative estimate of drug-likeness (QED) is 0.266. The zero-order valence-electron chi connectivity index (χ0n) is 16.6. The first-order valence-electron chi connectivity index (χ1n) is 9.90. The molecule has 0 saturated carbocycles. The van der Waals surface area contributed by atoms with Gasteiger partial charge < -0.3 is 20.1 Å². The van der Waals surface area contributed by atoms with Crippen LogP contribution in [0, 0.1) is 0 Å². The van der Waals surface area contributed by atoms with Gasteiger partial charge in [-0.1, -0.05) is 13.8 Å². The fourth-order valence-electron chi connectivity index (χ4n) is 3.96. The molecule has 7 nitrogen and oxygen atoms in total. The predicted octanol–water partition coefficient (Wildman–Crippen LogP) is 2.71. The second-order valence-electron chi connectivity index (χ2n) is 7.08. The summed E-state index contributed by atoms with van der Waals surface area (Å²) in [5, 5.41) is 23.5. The molecule has 3 aromatic carbocycles. The summed E-state index contributed by atoms with van der Waals surface area (Å²) in [4.78, 5) is 27.0. The minimum atomic E-state index is -0.295. The maximum atomic E-state index is 12.5. The molecule has 0 atom stereocenters. The lowest BCUT2D eigenvalue weighted by Gasteiger charge is -2.16. The number of phenols is 2. The molecule has 0 spiro atoms. The Morgan fingerprint density at radius 2 is 1.83 bits per heavy atom. The molecule has 0 unspecified atom stereocenters. The maximum Gasteiger partial charge on any atom is 0.189 e. The third-order valence-electron chi connectivity index (χ3n) is 5.50. The van der Waals surface area contributed by atoms with E-state index in [1.807, 2.05) is 12.1 Å². The Hall–Kier alpha value is -3.19. The number of hydrogen-bond acceptors (Lipinski definition) is 6. The molecule has 150 valence electrons.